The van der Waals surface area contributed by atoms with Crippen molar-refractivity contribution in [3.05, 3.63) is 11.6 Å². The molecule has 1 heteroatoms. The van der Waals surface area contributed by atoms with Gasteiger partial charge in [0.15, 0.2) is 0 Å². The van der Waals surface area contributed by atoms with Crippen LogP contribution >= 0.6 is 0 Å². The lowest BCUT2D eigenvalue weighted by Crippen LogP contribution is -2.51. The smallest absolute Gasteiger partial charge is 0.0127 e. The van der Waals surface area contributed by atoms with Crippen molar-refractivity contribution in [2.24, 2.45) is 46.3 Å². The number of hydrogen-bond donors (Lipinski definition) is 0. The summed E-state index contributed by atoms with van der Waals surface area (Å²) in [4.78, 5) is 2.48. The molecule has 8 atom stereocenters. The molecule has 0 aromatic carbocycles. The fourth-order valence-corrected chi connectivity index (χ4v) is 9.11. The van der Waals surface area contributed by atoms with Crippen LogP contribution in [0.5, 0.6) is 0 Å². The highest BCUT2D eigenvalue weighted by Gasteiger charge is 2.59. The molecule has 3 saturated carbocycles. The first kappa shape index (κ1) is 22.9. The summed E-state index contributed by atoms with van der Waals surface area (Å²) < 4.78 is 0. The molecule has 0 N–H and O–H groups in total. The van der Waals surface area contributed by atoms with Crippen molar-refractivity contribution in [3.63, 3.8) is 0 Å². The van der Waals surface area contributed by atoms with Gasteiger partial charge < -0.3 is 4.90 Å². The van der Waals surface area contributed by atoms with E-state index in [9.17, 15) is 0 Å². The molecule has 4 aliphatic carbocycles. The number of nitrogens with zero attached hydrogens (tertiary/aromatic N) is 1. The molecule has 4 rings (SSSR count). The Bertz CT molecular complexity index is 632. The van der Waals surface area contributed by atoms with E-state index in [2.05, 4.69) is 59.7 Å². The number of allylic oxidation sites excluding steroid dienone is 1. The minimum absolute atomic E-state index is 0.512. The summed E-state index contributed by atoms with van der Waals surface area (Å²) in [5.41, 5.74) is 2.98. The lowest BCUT2D eigenvalue weighted by atomic mass is 9.47. The van der Waals surface area contributed by atoms with Crippen LogP contribution in [0.3, 0.4) is 0 Å². The van der Waals surface area contributed by atoms with Crippen molar-refractivity contribution in [1.29, 1.82) is 0 Å². The van der Waals surface area contributed by atoms with Crippen LogP contribution in [0.1, 0.15) is 105 Å². The zero-order valence-electron chi connectivity index (χ0n) is 21.3. The number of hydrogen-bond acceptors (Lipinski definition) is 1. The van der Waals surface area contributed by atoms with Crippen molar-refractivity contribution >= 4 is 0 Å². The molecule has 0 aromatic heterocycles. The van der Waals surface area contributed by atoms with E-state index >= 15 is 0 Å². The quantitative estimate of drug-likeness (QED) is 0.399. The van der Waals surface area contributed by atoms with Gasteiger partial charge in [0.2, 0.25) is 0 Å². The second kappa shape index (κ2) is 8.57. The third-order valence-electron chi connectivity index (χ3n) is 11.0. The summed E-state index contributed by atoms with van der Waals surface area (Å²) in [6.07, 6.45) is 18.7. The van der Waals surface area contributed by atoms with Gasteiger partial charge in [-0.25, -0.2) is 0 Å². The predicted octanol–water partition coefficient (Wildman–Crippen LogP) is 7.96. The lowest BCUT2D eigenvalue weighted by Gasteiger charge is -2.59. The van der Waals surface area contributed by atoms with Gasteiger partial charge in [0.05, 0.1) is 0 Å². The molecule has 0 heterocycles. The molecule has 6 unspecified atom stereocenters. The van der Waals surface area contributed by atoms with Crippen molar-refractivity contribution < 1.29 is 0 Å². The second-order valence-electron chi connectivity index (χ2n) is 13.1. The average molecular weight is 414 g/mol. The lowest BCUT2D eigenvalue weighted by molar-refractivity contribution is -0.0535. The van der Waals surface area contributed by atoms with E-state index in [0.717, 1.165) is 41.5 Å². The largest absolute Gasteiger partial charge is 0.306 e. The second-order valence-corrected chi connectivity index (χ2v) is 13.1. The molecule has 4 aliphatic rings. The van der Waals surface area contributed by atoms with Crippen molar-refractivity contribution in [2.75, 3.05) is 14.1 Å². The Kier molecular flexibility index (Phi) is 6.53. The molecule has 0 spiro atoms. The van der Waals surface area contributed by atoms with Gasteiger partial charge in [0, 0.05) is 6.04 Å². The van der Waals surface area contributed by atoms with E-state index in [0.29, 0.717) is 10.8 Å². The van der Waals surface area contributed by atoms with E-state index in [-0.39, 0.29) is 0 Å². The molecule has 30 heavy (non-hydrogen) atoms. The zero-order chi connectivity index (χ0) is 21.7. The maximum atomic E-state index is 2.75. The molecule has 172 valence electrons. The summed E-state index contributed by atoms with van der Waals surface area (Å²) in [6.45, 7) is 12.8. The van der Waals surface area contributed by atoms with Crippen molar-refractivity contribution in [2.45, 2.75) is 111 Å². The zero-order valence-corrected chi connectivity index (χ0v) is 21.3. The fourth-order valence-electron chi connectivity index (χ4n) is 9.11. The topological polar surface area (TPSA) is 3.24 Å². The molecule has 1 nitrogen and oxygen atoms in total. The van der Waals surface area contributed by atoms with Crippen LogP contribution < -0.4 is 0 Å². The summed E-state index contributed by atoms with van der Waals surface area (Å²) in [5, 5.41) is 0. The monoisotopic (exact) mass is 413 g/mol. The minimum Gasteiger partial charge on any atom is -0.306 e. The molecule has 3 fully saturated rings. The molecule has 0 bridgehead atoms. The first-order valence-corrected chi connectivity index (χ1v) is 13.5. The molecule has 0 aliphatic heterocycles. The third-order valence-corrected chi connectivity index (χ3v) is 11.0. The standard InChI is InChI=1S/C29H51N/c1-20(2)9-8-10-21(3)25-13-14-26-24-12-11-22-19-23(30(6)7)15-17-28(22,4)27(24)16-18-29(25,26)5/h11,20-21,23-27H,8-10,12-19H2,1-7H3/t21-,23-,24?,25?,26?,27?,28?,29?/m1/s1. The van der Waals surface area contributed by atoms with Crippen molar-refractivity contribution in [1.82, 2.24) is 4.90 Å². The molecular formula is C29H51N. The van der Waals surface area contributed by atoms with Crippen LogP contribution in [0.2, 0.25) is 0 Å². The van der Waals surface area contributed by atoms with E-state index in [1.807, 2.05) is 5.57 Å². The molecule has 0 saturated heterocycles. The van der Waals surface area contributed by atoms with Crippen LogP contribution in [0, 0.1) is 46.3 Å². The highest BCUT2D eigenvalue weighted by molar-refractivity contribution is 5.26. The fraction of sp³-hybridized carbons (Fsp3) is 0.931. The van der Waals surface area contributed by atoms with Crippen LogP contribution in [0.4, 0.5) is 0 Å². The van der Waals surface area contributed by atoms with Crippen LogP contribution in [0.15, 0.2) is 11.6 Å². The van der Waals surface area contributed by atoms with Gasteiger partial charge in [-0.15, -0.1) is 0 Å². The van der Waals surface area contributed by atoms with Gasteiger partial charge in [0.1, 0.15) is 0 Å². The van der Waals surface area contributed by atoms with Crippen LogP contribution in [-0.2, 0) is 0 Å². The van der Waals surface area contributed by atoms with Gasteiger partial charge >= 0.3 is 0 Å². The summed E-state index contributed by atoms with van der Waals surface area (Å²) in [7, 11) is 4.57. The Labute approximate surface area is 188 Å². The maximum absolute atomic E-state index is 2.75. The SMILES string of the molecule is CC(C)CCC[C@@H](C)C1CCC2C3CC=C4C[C@H](N(C)C)CCC4(C)C3CCC21C. The minimum atomic E-state index is 0.512. The third kappa shape index (κ3) is 3.84. The first-order valence-electron chi connectivity index (χ1n) is 13.5. The van der Waals surface area contributed by atoms with Gasteiger partial charge in [-0.1, -0.05) is 65.5 Å². The predicted molar refractivity (Wildman–Crippen MR) is 131 cm³/mol. The van der Waals surface area contributed by atoms with Crippen LogP contribution in [0.25, 0.3) is 0 Å². The molecular weight excluding hydrogens is 362 g/mol. The highest BCUT2D eigenvalue weighted by atomic mass is 15.1. The van der Waals surface area contributed by atoms with Crippen molar-refractivity contribution in [3.8, 4) is 0 Å². The average Bonchev–Trinajstić information content (AvgIpc) is 3.04. The number of rotatable bonds is 6. The summed E-state index contributed by atoms with van der Waals surface area (Å²) >= 11 is 0. The first-order chi connectivity index (χ1) is 14.2. The van der Waals surface area contributed by atoms with E-state index in [1.165, 1.54) is 70.6 Å². The normalized spacial score (nSPS) is 44.4. The highest BCUT2D eigenvalue weighted by Crippen LogP contribution is 2.67. The Morgan fingerprint density at radius 3 is 2.43 bits per heavy atom. The summed E-state index contributed by atoms with van der Waals surface area (Å²) in [6, 6.07) is 0.775. The number of fused-ring (bicyclic) bond motifs is 5. The Morgan fingerprint density at radius 1 is 0.967 bits per heavy atom. The Morgan fingerprint density at radius 2 is 1.73 bits per heavy atom. The Hall–Kier alpha value is -0.300. The van der Waals surface area contributed by atoms with E-state index in [1.54, 1.807) is 0 Å². The van der Waals surface area contributed by atoms with Gasteiger partial charge in [-0.3, -0.25) is 0 Å². The maximum Gasteiger partial charge on any atom is 0.0127 e. The van der Waals surface area contributed by atoms with E-state index < -0.39 is 0 Å². The van der Waals surface area contributed by atoms with Gasteiger partial charge in [0.25, 0.3) is 0 Å². The van der Waals surface area contributed by atoms with Gasteiger partial charge in [-0.2, -0.15) is 0 Å². The molecule has 0 aromatic rings. The Balaban J connectivity index is 1.48. The van der Waals surface area contributed by atoms with Crippen LogP contribution in [-0.4, -0.2) is 25.0 Å². The molecule has 0 amide bonds. The molecule has 0 radical (unpaired) electrons. The summed E-state index contributed by atoms with van der Waals surface area (Å²) in [5.74, 6) is 5.71. The van der Waals surface area contributed by atoms with Gasteiger partial charge in [-0.05, 0) is 112 Å². The van der Waals surface area contributed by atoms with E-state index in [4.69, 9.17) is 0 Å².